The first kappa shape index (κ1) is 14.5. The van der Waals surface area contributed by atoms with Gasteiger partial charge in [0, 0.05) is 18.6 Å². The summed E-state index contributed by atoms with van der Waals surface area (Å²) in [7, 11) is 4.17. The monoisotopic (exact) mass is 344 g/mol. The second-order valence-corrected chi connectivity index (χ2v) is 6.84. The molecule has 0 spiro atoms. The van der Waals surface area contributed by atoms with Gasteiger partial charge < -0.3 is 10.2 Å². The van der Waals surface area contributed by atoms with Crippen molar-refractivity contribution in [2.45, 2.75) is 18.9 Å². The van der Waals surface area contributed by atoms with Gasteiger partial charge in [-0.05, 0) is 42.5 Å². The molecule has 2 nitrogen and oxygen atoms in total. The summed E-state index contributed by atoms with van der Waals surface area (Å²) in [6.45, 7) is 0. The number of anilines is 2. The average Bonchev–Trinajstić information content (AvgIpc) is 3.30. The Labute approximate surface area is 135 Å². The maximum Gasteiger partial charge on any atom is 0.0597 e. The molecule has 1 aliphatic rings. The molecule has 1 unspecified atom stereocenters. The van der Waals surface area contributed by atoms with Crippen LogP contribution in [0.4, 0.5) is 11.4 Å². The van der Waals surface area contributed by atoms with E-state index in [1.807, 2.05) is 0 Å². The van der Waals surface area contributed by atoms with Crippen LogP contribution in [0.2, 0.25) is 0 Å². The highest BCUT2D eigenvalue weighted by molar-refractivity contribution is 9.10. The highest BCUT2D eigenvalue weighted by atomic mass is 79.9. The van der Waals surface area contributed by atoms with E-state index in [-0.39, 0.29) is 0 Å². The summed E-state index contributed by atoms with van der Waals surface area (Å²) in [6.07, 6.45) is 2.63. The fraction of sp³-hybridized carbons (Fsp3) is 0.333. The van der Waals surface area contributed by atoms with Gasteiger partial charge in [-0.3, -0.25) is 0 Å². The van der Waals surface area contributed by atoms with Gasteiger partial charge in [0.25, 0.3) is 0 Å². The van der Waals surface area contributed by atoms with Crippen LogP contribution >= 0.6 is 15.9 Å². The minimum absolute atomic E-state index is 0.402. The van der Waals surface area contributed by atoms with Crippen molar-refractivity contribution in [2.24, 2.45) is 5.92 Å². The van der Waals surface area contributed by atoms with E-state index >= 15 is 0 Å². The van der Waals surface area contributed by atoms with Gasteiger partial charge in [0.15, 0.2) is 0 Å². The second kappa shape index (κ2) is 6.10. The van der Waals surface area contributed by atoms with Crippen LogP contribution in [0, 0.1) is 5.92 Å². The smallest absolute Gasteiger partial charge is 0.0597 e. The highest BCUT2D eigenvalue weighted by Gasteiger charge is 2.32. The number of nitrogens with one attached hydrogen (secondary N) is 1. The van der Waals surface area contributed by atoms with Crippen molar-refractivity contribution in [3.05, 3.63) is 58.6 Å². The maximum absolute atomic E-state index is 3.78. The van der Waals surface area contributed by atoms with E-state index in [2.05, 4.69) is 88.8 Å². The number of benzene rings is 2. The fourth-order valence-electron chi connectivity index (χ4n) is 2.74. The zero-order valence-electron chi connectivity index (χ0n) is 12.5. The van der Waals surface area contributed by atoms with Crippen LogP contribution in [-0.4, -0.2) is 14.1 Å². The molecule has 0 aromatic heterocycles. The molecule has 2 aromatic carbocycles. The normalized spacial score (nSPS) is 15.6. The predicted molar refractivity (Wildman–Crippen MR) is 94.0 cm³/mol. The Morgan fingerprint density at radius 3 is 2.43 bits per heavy atom. The third-order valence-corrected chi connectivity index (χ3v) is 4.50. The molecule has 110 valence electrons. The molecule has 0 heterocycles. The van der Waals surface area contributed by atoms with Gasteiger partial charge in [-0.2, -0.15) is 0 Å². The summed E-state index contributed by atoms with van der Waals surface area (Å²) in [4.78, 5) is 2.16. The van der Waals surface area contributed by atoms with Crippen LogP contribution in [0.3, 0.4) is 0 Å². The Morgan fingerprint density at radius 2 is 1.81 bits per heavy atom. The van der Waals surface area contributed by atoms with Crippen LogP contribution in [0.5, 0.6) is 0 Å². The zero-order valence-corrected chi connectivity index (χ0v) is 14.1. The lowest BCUT2D eigenvalue weighted by atomic mass is 10.0. The Kier molecular flexibility index (Phi) is 4.20. The number of hydrogen-bond acceptors (Lipinski definition) is 2. The molecule has 1 saturated carbocycles. The average molecular weight is 345 g/mol. The Bertz CT molecular complexity index is 606. The minimum Gasteiger partial charge on any atom is -0.376 e. The number of halogens is 1. The molecule has 1 N–H and O–H groups in total. The SMILES string of the molecule is CN(C)c1ccc(Br)cc1NC(c1ccccc1)C1CC1. The molecular formula is C18H21BrN2. The third kappa shape index (κ3) is 3.41. The summed E-state index contributed by atoms with van der Waals surface area (Å²) < 4.78 is 1.11. The molecule has 1 fully saturated rings. The minimum atomic E-state index is 0.402. The van der Waals surface area contributed by atoms with Crippen LogP contribution in [0.1, 0.15) is 24.4 Å². The van der Waals surface area contributed by atoms with E-state index in [0.717, 1.165) is 10.4 Å². The van der Waals surface area contributed by atoms with Crippen LogP contribution in [0.25, 0.3) is 0 Å². The lowest BCUT2D eigenvalue weighted by Gasteiger charge is -2.25. The quantitative estimate of drug-likeness (QED) is 0.813. The molecule has 0 amide bonds. The molecule has 0 radical (unpaired) electrons. The molecule has 1 aliphatic carbocycles. The predicted octanol–water partition coefficient (Wildman–Crippen LogP) is 5.08. The van der Waals surface area contributed by atoms with E-state index in [4.69, 9.17) is 0 Å². The highest BCUT2D eigenvalue weighted by Crippen LogP contribution is 2.44. The van der Waals surface area contributed by atoms with Crippen LogP contribution in [0.15, 0.2) is 53.0 Å². The van der Waals surface area contributed by atoms with E-state index < -0.39 is 0 Å². The molecule has 1 atom stereocenters. The standard InChI is InChI=1S/C18H21BrN2/c1-21(2)17-11-10-15(19)12-16(17)20-18(14-8-9-14)13-6-4-3-5-7-13/h3-7,10-12,14,18,20H,8-9H2,1-2H3. The third-order valence-electron chi connectivity index (χ3n) is 4.00. The Hall–Kier alpha value is -1.48. The van der Waals surface area contributed by atoms with E-state index in [1.165, 1.54) is 29.8 Å². The second-order valence-electron chi connectivity index (χ2n) is 5.93. The molecular weight excluding hydrogens is 324 g/mol. The van der Waals surface area contributed by atoms with Crippen molar-refractivity contribution in [3.63, 3.8) is 0 Å². The van der Waals surface area contributed by atoms with E-state index in [1.54, 1.807) is 0 Å². The first-order valence-electron chi connectivity index (χ1n) is 7.43. The van der Waals surface area contributed by atoms with Crippen molar-refractivity contribution < 1.29 is 0 Å². The lowest BCUT2D eigenvalue weighted by Crippen LogP contribution is -2.17. The molecule has 0 bridgehead atoms. The topological polar surface area (TPSA) is 15.3 Å². The van der Waals surface area contributed by atoms with Gasteiger partial charge in [-0.15, -0.1) is 0 Å². The molecule has 2 aromatic rings. The summed E-state index contributed by atoms with van der Waals surface area (Å²) in [6, 6.07) is 17.6. The van der Waals surface area contributed by atoms with Crippen LogP contribution < -0.4 is 10.2 Å². The number of nitrogens with zero attached hydrogens (tertiary/aromatic N) is 1. The van der Waals surface area contributed by atoms with Gasteiger partial charge in [0.1, 0.15) is 0 Å². The van der Waals surface area contributed by atoms with Crippen LogP contribution in [-0.2, 0) is 0 Å². The summed E-state index contributed by atoms with van der Waals surface area (Å²) in [5, 5.41) is 3.78. The van der Waals surface area contributed by atoms with Crippen molar-refractivity contribution in [3.8, 4) is 0 Å². The maximum atomic E-state index is 3.78. The molecule has 3 rings (SSSR count). The van der Waals surface area contributed by atoms with E-state index in [0.29, 0.717) is 6.04 Å². The largest absolute Gasteiger partial charge is 0.376 e. The van der Waals surface area contributed by atoms with Gasteiger partial charge in [-0.1, -0.05) is 46.3 Å². The number of rotatable bonds is 5. The van der Waals surface area contributed by atoms with Crippen molar-refractivity contribution in [1.82, 2.24) is 0 Å². The molecule has 21 heavy (non-hydrogen) atoms. The summed E-state index contributed by atoms with van der Waals surface area (Å²) in [5.74, 6) is 0.751. The van der Waals surface area contributed by atoms with Gasteiger partial charge >= 0.3 is 0 Å². The first-order chi connectivity index (χ1) is 10.1. The summed E-state index contributed by atoms with van der Waals surface area (Å²) >= 11 is 3.59. The van der Waals surface area contributed by atoms with Gasteiger partial charge in [0.05, 0.1) is 17.4 Å². The number of hydrogen-bond donors (Lipinski definition) is 1. The van der Waals surface area contributed by atoms with Crippen molar-refractivity contribution in [1.29, 1.82) is 0 Å². The van der Waals surface area contributed by atoms with Gasteiger partial charge in [0.2, 0.25) is 0 Å². The molecule has 0 saturated heterocycles. The fourth-order valence-corrected chi connectivity index (χ4v) is 3.11. The Balaban J connectivity index is 1.92. The van der Waals surface area contributed by atoms with E-state index in [9.17, 15) is 0 Å². The van der Waals surface area contributed by atoms with Gasteiger partial charge in [-0.25, -0.2) is 0 Å². The molecule has 3 heteroatoms. The summed E-state index contributed by atoms with van der Waals surface area (Å²) in [5.41, 5.74) is 3.79. The Morgan fingerprint density at radius 1 is 1.10 bits per heavy atom. The van der Waals surface area contributed by atoms with Crippen molar-refractivity contribution in [2.75, 3.05) is 24.3 Å². The van der Waals surface area contributed by atoms with Crippen molar-refractivity contribution >= 4 is 27.3 Å². The lowest BCUT2D eigenvalue weighted by molar-refractivity contribution is 0.679. The molecule has 0 aliphatic heterocycles. The zero-order chi connectivity index (χ0) is 14.8. The first-order valence-corrected chi connectivity index (χ1v) is 8.23.